The molecule has 30 heteroatoms. The van der Waals surface area contributed by atoms with E-state index in [-0.39, 0.29) is 170 Å². The second-order valence-corrected chi connectivity index (χ2v) is 43.2. The van der Waals surface area contributed by atoms with Gasteiger partial charge < -0.3 is 99.7 Å². The summed E-state index contributed by atoms with van der Waals surface area (Å²) in [5.41, 5.74) is 39.1. The van der Waals surface area contributed by atoms with Crippen molar-refractivity contribution in [1.82, 2.24) is 24.5 Å². The molecule has 150 heavy (non-hydrogen) atoms. The van der Waals surface area contributed by atoms with Crippen LogP contribution in [-0.2, 0) is 79.8 Å². The van der Waals surface area contributed by atoms with Crippen LogP contribution in [0, 0.1) is 88.7 Å². The number of nitrogens with zero attached hydrogens (tertiary/aromatic N) is 5. The van der Waals surface area contributed by atoms with Gasteiger partial charge in [0.15, 0.2) is 57.5 Å². The Morgan fingerprint density at radius 2 is 0.460 bits per heavy atom. The van der Waals surface area contributed by atoms with Crippen molar-refractivity contribution in [3.63, 3.8) is 0 Å². The second-order valence-electron chi connectivity index (χ2n) is 43.2. The lowest BCUT2D eigenvalue weighted by molar-refractivity contribution is -0.161. The highest BCUT2D eigenvalue weighted by atomic mass is 16.6. The van der Waals surface area contributed by atoms with Gasteiger partial charge in [-0.15, -0.1) is 0 Å². The third kappa shape index (κ3) is 30.2. The van der Waals surface area contributed by atoms with Gasteiger partial charge in [0.1, 0.15) is 60.7 Å². The molecule has 15 rings (SSSR count). The number of hydrogen-bond acceptors (Lipinski definition) is 30. The van der Waals surface area contributed by atoms with Crippen LogP contribution in [0.3, 0.4) is 0 Å². The van der Waals surface area contributed by atoms with Crippen molar-refractivity contribution in [2.24, 2.45) is 117 Å². The number of benzene rings is 5. The van der Waals surface area contributed by atoms with Crippen molar-refractivity contribution >= 4 is 29.8 Å². The molecule has 5 aromatic rings. The van der Waals surface area contributed by atoms with Crippen LogP contribution < -0.4 is 76.0 Å². The van der Waals surface area contributed by atoms with Crippen LogP contribution in [0.15, 0.2) is 60.7 Å². The summed E-state index contributed by atoms with van der Waals surface area (Å²) in [4.78, 5) is 74.9. The summed E-state index contributed by atoms with van der Waals surface area (Å²) in [5, 5.41) is 0. The fourth-order valence-corrected chi connectivity index (χ4v) is 22.1. The summed E-state index contributed by atoms with van der Waals surface area (Å²) in [6, 6.07) is 11.7. The Morgan fingerprint density at radius 3 is 0.627 bits per heavy atom. The first-order chi connectivity index (χ1) is 85.1. The number of nitrogens with two attached hydrogens (primary N) is 5. The number of methoxy groups -OCH3 is 10. The van der Waals surface area contributed by atoms with E-state index in [1.165, 1.54) is 28.4 Å². The summed E-state index contributed by atoms with van der Waals surface area (Å²) >= 11 is 0. The molecule has 4 unspecified atom stereocenters. The molecule has 0 saturated carbocycles. The largest absolute Gasteiger partial charge is 0.493 e. The van der Waals surface area contributed by atoms with Gasteiger partial charge >= 0.3 is 29.8 Å². The average molecular weight is 2130 g/mol. The van der Waals surface area contributed by atoms with Gasteiger partial charge in [-0.25, -0.2) is 0 Å². The molecule has 30 nitrogen and oxygen atoms in total. The highest BCUT2D eigenvalue weighted by Gasteiger charge is 2.50. The SMILES string of the molecule is [2H]C([2H])([2H])C([2H])(C)C([2H])([2H])[C@H]1CN2CCc3cc(OC)c(OC)cc3[C@@H]2C[C@H]1OC(=O)[C@@H](N)C(C)C.[2H]C([2H])([2H])Oc1cc2c(cc1OC)[C@@H]1C[C@@H](OC(=O)[C@@H](N)C(C)C)[C@@H](C([2H])([2H])C([2H])(C)C([2H])([2H])[2H])CN1CC2.[2H]C([2H])([2H])Oc1cc2c(cc1OC)[C@@H]1C[C@@H](OC(=O)[C@@H](N)C(C)C)[C@@H](C([2H])([2H])C([2H])(C)C([2H])([2H])[2H])CN1CC2.[2H]C([2H])([2H])Oc1cc2c(cc1OC)[C@@H]1C[C@@H](OC(=O)[C@@H](N)C(C)C)[C@@H](C([2H])([2H])C([2H])(C)C([2H])([2H])[2H])CN1CC2.[2H]C([2H])([2H])Oc1cc2c(cc1OC)[C@@H]1C[C@@H](OC(=O)[C@@H](N)C(C)C)[C@@H](CC(C)C)CN1CC2. The Kier molecular flexibility index (Phi) is 29.2. The summed E-state index contributed by atoms with van der Waals surface area (Å²) in [6.07, 6.45) is -9.40. The molecular weight excluding hydrogens is 1900 g/mol. The van der Waals surface area contributed by atoms with Crippen LogP contribution >= 0.6 is 0 Å². The van der Waals surface area contributed by atoms with Gasteiger partial charge in [0.25, 0.3) is 0 Å². The van der Waals surface area contributed by atoms with Crippen molar-refractivity contribution in [3.8, 4) is 57.5 Å². The number of carbonyl (C=O) groups excluding carboxylic acids is 5. The van der Waals surface area contributed by atoms with Crippen LogP contribution in [0.4, 0.5) is 0 Å². The van der Waals surface area contributed by atoms with Crippen LogP contribution in [0.1, 0.15) is 337 Å². The van der Waals surface area contributed by atoms with Crippen molar-refractivity contribution in [3.05, 3.63) is 116 Å². The molecule has 10 heterocycles. The van der Waals surface area contributed by atoms with Crippen molar-refractivity contribution in [2.45, 2.75) is 325 Å². The lowest BCUT2D eigenvalue weighted by Gasteiger charge is -2.47. The van der Waals surface area contributed by atoms with E-state index < -0.39 is 207 Å². The summed E-state index contributed by atoms with van der Waals surface area (Å²) in [5.74, 6) is -15.0. The second kappa shape index (κ2) is 55.4. The number of hydrogen-bond donors (Lipinski definition) is 5. The minimum atomic E-state index is -2.93. The van der Waals surface area contributed by atoms with Gasteiger partial charge in [-0.3, -0.25) is 48.5 Å². The molecule has 0 radical (unpaired) electrons. The van der Waals surface area contributed by atoms with E-state index in [1.807, 2.05) is 46.7 Å². The first kappa shape index (κ1) is 79.1. The summed E-state index contributed by atoms with van der Waals surface area (Å²) in [6.45, 7) is 18.8. The number of ether oxygens (including phenoxy) is 15. The number of piperidine rings is 5. The zero-order valence-electron chi connectivity index (χ0n) is 127. The molecule has 5 aromatic carbocycles. The van der Waals surface area contributed by atoms with E-state index in [1.54, 1.807) is 112 Å². The Balaban J connectivity index is 0.000000215. The van der Waals surface area contributed by atoms with Crippen LogP contribution in [0.25, 0.3) is 0 Å². The number of fused-ring (bicyclic) bond motifs is 15. The minimum Gasteiger partial charge on any atom is -0.493 e. The molecule has 5 saturated heterocycles. The minimum absolute atomic E-state index is 0.0115. The molecule has 10 aliphatic heterocycles. The molecule has 0 spiro atoms. The van der Waals surface area contributed by atoms with Crippen LogP contribution in [0.5, 0.6) is 57.5 Å². The Hall–Kier alpha value is -8.95. The molecular formula is C120H190N10O20. The highest BCUT2D eigenvalue weighted by molar-refractivity contribution is 5.78. The molecule has 10 aliphatic rings. The monoisotopic (exact) mass is 2130 g/mol. The molecule has 5 fully saturated rings. The molecule has 0 bridgehead atoms. The third-order valence-electron chi connectivity index (χ3n) is 30.6. The highest BCUT2D eigenvalue weighted by Crippen LogP contribution is 2.52. The van der Waals surface area contributed by atoms with Gasteiger partial charge in [-0.2, -0.15) is 0 Å². The Labute approximate surface area is 948 Å². The van der Waals surface area contributed by atoms with E-state index in [0.29, 0.717) is 81.4 Å². The van der Waals surface area contributed by atoms with E-state index in [2.05, 4.69) is 23.6 Å². The van der Waals surface area contributed by atoms with Crippen molar-refractivity contribution in [2.75, 3.05) is 136 Å². The Morgan fingerprint density at radius 1 is 0.287 bits per heavy atom. The van der Waals surface area contributed by atoms with Gasteiger partial charge in [0.05, 0.1) is 87.3 Å². The standard InChI is InChI=1S/5C24H38N2O4/c5*1-14(2)9-17-13-26-8-7-16-10-21(28-5)22(29-6)11-18(16)19(26)12-20(17)30-24(27)23(25)15(3)4/h5*10-11,14-15,17,19-20,23H,7-9,12-13,25H2,1-6H3/t5*17-,19-,20+,23-/m00000/s1/i3*1D3,5D3,9D2,14D;1D3,9D2,14D;5D3/t4*14?,17-,19-,20+,23-;m. The lowest BCUT2D eigenvalue weighted by atomic mass is 9.79. The number of esters is 5. The zero-order valence-corrected chi connectivity index (χ0v) is 91.4. The quantitative estimate of drug-likeness (QED) is 0.0186. The predicted octanol–water partition coefficient (Wildman–Crippen LogP) is 17.8. The molecule has 0 amide bonds. The third-order valence-corrected chi connectivity index (χ3v) is 30.6. The zero-order chi connectivity index (χ0) is 141. The molecule has 24 atom stereocenters. The molecule has 10 N–H and O–H groups in total. The van der Waals surface area contributed by atoms with E-state index >= 15 is 0 Å². The number of carbonyl (C=O) groups is 5. The van der Waals surface area contributed by atoms with Crippen LogP contribution in [-0.4, -0.2) is 251 Å². The fraction of sp³-hybridized carbons (Fsp3) is 0.708. The predicted molar refractivity (Wildman–Crippen MR) is 589 cm³/mol. The van der Waals surface area contributed by atoms with Crippen LogP contribution in [0.2, 0.25) is 0 Å². The average Bonchev–Trinajstić information content (AvgIpc) is 0.734. The smallest absolute Gasteiger partial charge is 0.323 e. The summed E-state index contributed by atoms with van der Waals surface area (Å²) in [7, 11) is -1.77. The maximum absolute atomic E-state index is 12.9. The van der Waals surface area contributed by atoms with E-state index in [4.69, 9.17) is 149 Å². The van der Waals surface area contributed by atoms with E-state index in [9.17, 15) is 24.0 Å². The normalized spacial score (nSPS) is 31.1. The first-order valence-corrected chi connectivity index (χ1v) is 52.4. The summed E-state index contributed by atoms with van der Waals surface area (Å²) < 4.78 is 371. The maximum atomic E-state index is 12.9. The van der Waals surface area contributed by atoms with Crippen molar-refractivity contribution in [1.29, 1.82) is 0 Å². The fourth-order valence-electron chi connectivity index (χ4n) is 22.1. The van der Waals surface area contributed by atoms with Gasteiger partial charge in [-0.05, 0) is 239 Å². The van der Waals surface area contributed by atoms with Gasteiger partial charge in [0, 0.05) is 190 Å². The topological polar surface area (TPSA) is 370 Å². The molecule has 0 aromatic heterocycles. The molecule has 0 aliphatic carbocycles. The van der Waals surface area contributed by atoms with Gasteiger partial charge in [-0.1, -0.05) is 138 Å². The maximum Gasteiger partial charge on any atom is 0.323 e. The first-order valence-electron chi connectivity index (χ1n) is 70.4. The van der Waals surface area contributed by atoms with Crippen molar-refractivity contribution < 1.29 is 144 Å². The van der Waals surface area contributed by atoms with Gasteiger partial charge in [0.2, 0.25) is 0 Å². The number of rotatable bonds is 35. The van der Waals surface area contributed by atoms with E-state index in [0.717, 1.165) is 109 Å². The molecule has 840 valence electrons. The lowest BCUT2D eigenvalue weighted by Crippen LogP contribution is -2.51. The Bertz CT molecular complexity index is 6430.